The monoisotopic (exact) mass is 149 g/mol. The maximum absolute atomic E-state index is 11.3. The Labute approximate surface area is 65.6 Å². The van der Waals surface area contributed by atoms with E-state index in [1.807, 2.05) is 13.1 Å². The van der Waals surface area contributed by atoms with Crippen molar-refractivity contribution >= 4 is 5.78 Å². The van der Waals surface area contributed by atoms with Crippen LogP contribution in [-0.4, -0.2) is 10.8 Å². The fraction of sp³-hybridized carbons (Fsp3) is 0.444. The van der Waals surface area contributed by atoms with Gasteiger partial charge in [-0.15, -0.1) is 0 Å². The molecule has 0 spiro atoms. The van der Waals surface area contributed by atoms with Crippen molar-refractivity contribution in [2.45, 2.75) is 26.2 Å². The molecule has 1 heterocycles. The van der Waals surface area contributed by atoms with E-state index in [2.05, 4.69) is 4.98 Å². The third kappa shape index (κ3) is 0.897. The van der Waals surface area contributed by atoms with Crippen LogP contribution in [0.25, 0.3) is 0 Å². The molecule has 0 atom stereocenters. The van der Waals surface area contributed by atoms with E-state index in [0.717, 1.165) is 30.5 Å². The van der Waals surface area contributed by atoms with Gasteiger partial charge in [-0.25, -0.2) is 0 Å². The fourth-order valence-electron chi connectivity index (χ4n) is 1.69. The van der Waals surface area contributed by atoms with E-state index in [-0.39, 0.29) is 0 Å². The highest BCUT2D eigenvalue weighted by molar-refractivity contribution is 5.98. The first kappa shape index (κ1) is 6.65. The van der Waals surface area contributed by atoms with Crippen LogP contribution in [0.3, 0.4) is 0 Å². The van der Waals surface area contributed by atoms with Gasteiger partial charge in [0.25, 0.3) is 0 Å². The van der Waals surface area contributed by atoms with Gasteiger partial charge in [0.15, 0.2) is 5.78 Å². The number of carbonyl (C=O) groups is 1. The zero-order valence-corrected chi connectivity index (χ0v) is 6.61. The first-order chi connectivity index (χ1) is 5.29. The van der Waals surface area contributed by atoms with Gasteiger partial charge in [-0.1, -0.05) is 0 Å². The molecule has 0 unspecified atom stereocenters. The molecule has 1 aromatic rings. The van der Waals surface area contributed by atoms with Gasteiger partial charge in [-0.3, -0.25) is 4.79 Å². The summed E-state index contributed by atoms with van der Waals surface area (Å²) in [7, 11) is 0. The number of aromatic amines is 1. The van der Waals surface area contributed by atoms with Gasteiger partial charge in [0.05, 0.1) is 0 Å². The maximum Gasteiger partial charge on any atom is 0.164 e. The lowest BCUT2D eigenvalue weighted by atomic mass is 9.93. The minimum atomic E-state index is 0.301. The largest absolute Gasteiger partial charge is 0.364 e. The molecule has 1 aromatic heterocycles. The van der Waals surface area contributed by atoms with Crippen LogP contribution in [0, 0.1) is 6.92 Å². The highest BCUT2D eigenvalue weighted by atomic mass is 16.1. The summed E-state index contributed by atoms with van der Waals surface area (Å²) < 4.78 is 0. The molecule has 0 aromatic carbocycles. The molecular weight excluding hydrogens is 138 g/mol. The van der Waals surface area contributed by atoms with Gasteiger partial charge < -0.3 is 4.98 Å². The first-order valence-electron chi connectivity index (χ1n) is 3.99. The van der Waals surface area contributed by atoms with E-state index in [1.54, 1.807) is 0 Å². The summed E-state index contributed by atoms with van der Waals surface area (Å²) in [5.41, 5.74) is 3.32. The summed E-state index contributed by atoms with van der Waals surface area (Å²) in [6.45, 7) is 2.03. The summed E-state index contributed by atoms with van der Waals surface area (Å²) in [6, 6.07) is 0. The Hall–Kier alpha value is -1.05. The molecule has 0 saturated carbocycles. The SMILES string of the molecule is Cc1[nH]cc2c1CCCC2=O. The Kier molecular flexibility index (Phi) is 1.34. The fourth-order valence-corrected chi connectivity index (χ4v) is 1.69. The van der Waals surface area contributed by atoms with E-state index < -0.39 is 0 Å². The molecule has 0 bridgehead atoms. The van der Waals surface area contributed by atoms with E-state index in [9.17, 15) is 4.79 Å². The van der Waals surface area contributed by atoms with Crippen molar-refractivity contribution in [2.75, 3.05) is 0 Å². The van der Waals surface area contributed by atoms with Crippen molar-refractivity contribution in [1.82, 2.24) is 4.98 Å². The Morgan fingerprint density at radius 3 is 3.00 bits per heavy atom. The normalized spacial score (nSPS) is 16.6. The highest BCUT2D eigenvalue weighted by Crippen LogP contribution is 2.23. The average Bonchev–Trinajstić information content (AvgIpc) is 2.35. The Bertz CT molecular complexity index is 299. The first-order valence-corrected chi connectivity index (χ1v) is 3.99. The number of rotatable bonds is 0. The van der Waals surface area contributed by atoms with Crippen LogP contribution in [-0.2, 0) is 6.42 Å². The van der Waals surface area contributed by atoms with Crippen molar-refractivity contribution in [1.29, 1.82) is 0 Å². The topological polar surface area (TPSA) is 32.9 Å². The molecule has 0 aliphatic heterocycles. The lowest BCUT2D eigenvalue weighted by Gasteiger charge is -2.09. The molecule has 1 aliphatic rings. The number of hydrogen-bond donors (Lipinski definition) is 1. The van der Waals surface area contributed by atoms with Gasteiger partial charge in [0.2, 0.25) is 0 Å². The molecular formula is C9H11NO. The Balaban J connectivity index is 2.55. The quantitative estimate of drug-likeness (QED) is 0.599. The Morgan fingerprint density at radius 2 is 2.27 bits per heavy atom. The second-order valence-corrected chi connectivity index (χ2v) is 3.08. The molecule has 2 rings (SSSR count). The van der Waals surface area contributed by atoms with E-state index in [4.69, 9.17) is 0 Å². The summed E-state index contributed by atoms with van der Waals surface area (Å²) in [5, 5.41) is 0. The average molecular weight is 149 g/mol. The number of carbonyl (C=O) groups excluding carboxylic acids is 1. The molecule has 0 fully saturated rings. The number of hydrogen-bond acceptors (Lipinski definition) is 1. The van der Waals surface area contributed by atoms with Crippen LogP contribution in [0.5, 0.6) is 0 Å². The van der Waals surface area contributed by atoms with Gasteiger partial charge >= 0.3 is 0 Å². The maximum atomic E-state index is 11.3. The number of fused-ring (bicyclic) bond motifs is 1. The zero-order chi connectivity index (χ0) is 7.84. The van der Waals surface area contributed by atoms with E-state index in [1.165, 1.54) is 5.56 Å². The standard InChI is InChI=1S/C9H11NO/c1-6-7-3-2-4-9(11)8(7)5-10-6/h5,10H,2-4H2,1H3. The van der Waals surface area contributed by atoms with Crippen LogP contribution < -0.4 is 0 Å². The highest BCUT2D eigenvalue weighted by Gasteiger charge is 2.19. The van der Waals surface area contributed by atoms with Crippen molar-refractivity contribution in [3.8, 4) is 0 Å². The molecule has 2 nitrogen and oxygen atoms in total. The Morgan fingerprint density at radius 1 is 1.45 bits per heavy atom. The number of aromatic nitrogens is 1. The summed E-state index contributed by atoms with van der Waals surface area (Å²) in [6.07, 6.45) is 4.65. The smallest absolute Gasteiger partial charge is 0.164 e. The number of ketones is 1. The number of H-pyrrole nitrogens is 1. The molecule has 1 aliphatic carbocycles. The summed E-state index contributed by atoms with van der Waals surface area (Å²) in [5.74, 6) is 0.301. The van der Waals surface area contributed by atoms with Crippen LogP contribution in [0.15, 0.2) is 6.20 Å². The summed E-state index contributed by atoms with van der Waals surface area (Å²) >= 11 is 0. The van der Waals surface area contributed by atoms with Crippen LogP contribution in [0.2, 0.25) is 0 Å². The predicted octanol–water partition coefficient (Wildman–Crippen LogP) is 1.84. The lowest BCUT2D eigenvalue weighted by molar-refractivity contribution is 0.0973. The van der Waals surface area contributed by atoms with Crippen LogP contribution in [0.1, 0.15) is 34.5 Å². The molecule has 1 N–H and O–H groups in total. The number of aryl methyl sites for hydroxylation is 1. The van der Waals surface area contributed by atoms with Crippen LogP contribution >= 0.6 is 0 Å². The second-order valence-electron chi connectivity index (χ2n) is 3.08. The van der Waals surface area contributed by atoms with Crippen molar-refractivity contribution < 1.29 is 4.79 Å². The minimum absolute atomic E-state index is 0.301. The minimum Gasteiger partial charge on any atom is -0.364 e. The predicted molar refractivity (Wildman–Crippen MR) is 42.8 cm³/mol. The number of nitrogens with one attached hydrogen (secondary N) is 1. The summed E-state index contributed by atoms with van der Waals surface area (Å²) in [4.78, 5) is 14.4. The third-order valence-electron chi connectivity index (χ3n) is 2.34. The lowest BCUT2D eigenvalue weighted by Crippen LogP contribution is -2.08. The molecule has 58 valence electrons. The van der Waals surface area contributed by atoms with Gasteiger partial charge in [-0.2, -0.15) is 0 Å². The van der Waals surface area contributed by atoms with Gasteiger partial charge in [0.1, 0.15) is 0 Å². The van der Waals surface area contributed by atoms with E-state index in [0.29, 0.717) is 5.78 Å². The molecule has 11 heavy (non-hydrogen) atoms. The van der Waals surface area contributed by atoms with Crippen molar-refractivity contribution in [2.24, 2.45) is 0 Å². The second kappa shape index (κ2) is 2.22. The molecule has 2 heteroatoms. The van der Waals surface area contributed by atoms with Gasteiger partial charge in [-0.05, 0) is 25.3 Å². The van der Waals surface area contributed by atoms with Crippen LogP contribution in [0.4, 0.5) is 0 Å². The molecule has 0 radical (unpaired) electrons. The van der Waals surface area contributed by atoms with Gasteiger partial charge in [0, 0.05) is 23.9 Å². The number of Topliss-reactive ketones (excluding diaryl/α,β-unsaturated/α-hetero) is 1. The van der Waals surface area contributed by atoms with Crippen molar-refractivity contribution in [3.63, 3.8) is 0 Å². The van der Waals surface area contributed by atoms with Crippen molar-refractivity contribution in [3.05, 3.63) is 23.0 Å². The van der Waals surface area contributed by atoms with E-state index >= 15 is 0 Å². The molecule has 0 amide bonds. The molecule has 0 saturated heterocycles. The third-order valence-corrected chi connectivity index (χ3v) is 2.34. The zero-order valence-electron chi connectivity index (χ0n) is 6.61.